The third kappa shape index (κ3) is 6.61. The standard InChI is InChI=1S/C22H29NO2/c1-3-19(20-10-6-5-7-11-20)17-23-21-15-13-18(14-16-21)9-8-12-22(24)25-4-2/h5-7,10-11,13-16,19,23H,3-4,8-9,12,17H2,1-2H3. The maximum absolute atomic E-state index is 11.3. The second kappa shape index (κ2) is 10.5. The number of anilines is 1. The summed E-state index contributed by atoms with van der Waals surface area (Å²) in [5.41, 5.74) is 3.78. The quantitative estimate of drug-likeness (QED) is 0.606. The normalized spacial score (nSPS) is 11.8. The SMILES string of the molecule is CCOC(=O)CCCc1ccc(NCC(CC)c2ccccc2)cc1. The van der Waals surface area contributed by atoms with Crippen molar-refractivity contribution in [3.8, 4) is 0 Å². The highest BCUT2D eigenvalue weighted by Gasteiger charge is 2.08. The number of carbonyl (C=O) groups is 1. The second-order valence-electron chi connectivity index (χ2n) is 6.25. The Hall–Kier alpha value is -2.29. The summed E-state index contributed by atoms with van der Waals surface area (Å²) in [6.45, 7) is 5.46. The van der Waals surface area contributed by atoms with E-state index in [2.05, 4.69) is 66.8 Å². The van der Waals surface area contributed by atoms with E-state index in [-0.39, 0.29) is 5.97 Å². The maximum atomic E-state index is 11.3. The number of aryl methyl sites for hydroxylation is 1. The minimum atomic E-state index is -0.104. The number of esters is 1. The lowest BCUT2D eigenvalue weighted by Gasteiger charge is -2.17. The molecular weight excluding hydrogens is 310 g/mol. The monoisotopic (exact) mass is 339 g/mol. The number of hydrogen-bond donors (Lipinski definition) is 1. The average Bonchev–Trinajstić information content (AvgIpc) is 2.64. The van der Waals surface area contributed by atoms with Crippen molar-refractivity contribution < 1.29 is 9.53 Å². The van der Waals surface area contributed by atoms with Gasteiger partial charge in [0.25, 0.3) is 0 Å². The Morgan fingerprint density at radius 3 is 2.40 bits per heavy atom. The van der Waals surface area contributed by atoms with Gasteiger partial charge in [-0.15, -0.1) is 0 Å². The van der Waals surface area contributed by atoms with Crippen LogP contribution in [0, 0.1) is 0 Å². The minimum Gasteiger partial charge on any atom is -0.466 e. The Labute approximate surface area is 151 Å². The molecule has 0 spiro atoms. The van der Waals surface area contributed by atoms with E-state index in [1.54, 1.807) is 0 Å². The fraction of sp³-hybridized carbons (Fsp3) is 0.409. The zero-order chi connectivity index (χ0) is 17.9. The molecular formula is C22H29NO2. The van der Waals surface area contributed by atoms with Gasteiger partial charge in [0, 0.05) is 24.6 Å². The van der Waals surface area contributed by atoms with E-state index in [9.17, 15) is 4.79 Å². The summed E-state index contributed by atoms with van der Waals surface area (Å²) in [6.07, 6.45) is 3.34. The van der Waals surface area contributed by atoms with Crippen LogP contribution in [0.25, 0.3) is 0 Å². The molecule has 0 radical (unpaired) electrons. The Morgan fingerprint density at radius 1 is 1.04 bits per heavy atom. The third-order valence-corrected chi connectivity index (χ3v) is 4.42. The molecule has 0 aliphatic rings. The Kier molecular flexibility index (Phi) is 8.03. The molecule has 0 fully saturated rings. The number of carbonyl (C=O) groups excluding carboxylic acids is 1. The van der Waals surface area contributed by atoms with Gasteiger partial charge in [-0.25, -0.2) is 0 Å². The molecule has 1 atom stereocenters. The Balaban J connectivity index is 1.79. The average molecular weight is 339 g/mol. The van der Waals surface area contributed by atoms with Gasteiger partial charge in [0.05, 0.1) is 6.61 Å². The van der Waals surface area contributed by atoms with Crippen LogP contribution in [-0.2, 0) is 16.0 Å². The van der Waals surface area contributed by atoms with Crippen LogP contribution in [-0.4, -0.2) is 19.1 Å². The summed E-state index contributed by atoms with van der Waals surface area (Å²) in [4.78, 5) is 11.3. The fourth-order valence-corrected chi connectivity index (χ4v) is 2.92. The number of hydrogen-bond acceptors (Lipinski definition) is 3. The van der Waals surface area contributed by atoms with Crippen molar-refractivity contribution in [1.29, 1.82) is 0 Å². The summed E-state index contributed by atoms with van der Waals surface area (Å²) in [5.74, 6) is 0.415. The predicted octanol–water partition coefficient (Wildman–Crippen LogP) is 5.18. The Morgan fingerprint density at radius 2 is 1.76 bits per heavy atom. The van der Waals surface area contributed by atoms with E-state index >= 15 is 0 Å². The highest BCUT2D eigenvalue weighted by atomic mass is 16.5. The molecule has 0 aliphatic carbocycles. The summed E-state index contributed by atoms with van der Waals surface area (Å²) in [6, 6.07) is 19.2. The lowest BCUT2D eigenvalue weighted by Crippen LogP contribution is -2.12. The van der Waals surface area contributed by atoms with Crippen molar-refractivity contribution in [3.05, 3.63) is 65.7 Å². The largest absolute Gasteiger partial charge is 0.466 e. The van der Waals surface area contributed by atoms with E-state index in [1.807, 2.05) is 6.92 Å². The van der Waals surface area contributed by atoms with Crippen LogP contribution in [0.4, 0.5) is 5.69 Å². The lowest BCUT2D eigenvalue weighted by molar-refractivity contribution is -0.143. The molecule has 0 saturated carbocycles. The van der Waals surface area contributed by atoms with Gasteiger partial charge in [-0.05, 0) is 49.4 Å². The summed E-state index contributed by atoms with van der Waals surface area (Å²) >= 11 is 0. The van der Waals surface area contributed by atoms with E-state index < -0.39 is 0 Å². The van der Waals surface area contributed by atoms with Crippen LogP contribution in [0.1, 0.15) is 50.2 Å². The van der Waals surface area contributed by atoms with Crippen LogP contribution < -0.4 is 5.32 Å². The minimum absolute atomic E-state index is 0.104. The molecule has 2 rings (SSSR count). The first-order valence-corrected chi connectivity index (χ1v) is 9.26. The number of ether oxygens (including phenoxy) is 1. The van der Waals surface area contributed by atoms with Gasteiger partial charge in [-0.1, -0.05) is 49.4 Å². The van der Waals surface area contributed by atoms with E-state index in [0.717, 1.165) is 31.5 Å². The van der Waals surface area contributed by atoms with Crippen molar-refractivity contribution in [1.82, 2.24) is 0 Å². The second-order valence-corrected chi connectivity index (χ2v) is 6.25. The van der Waals surface area contributed by atoms with Crippen LogP contribution >= 0.6 is 0 Å². The van der Waals surface area contributed by atoms with E-state index in [0.29, 0.717) is 18.9 Å². The first-order valence-electron chi connectivity index (χ1n) is 9.26. The van der Waals surface area contributed by atoms with Crippen LogP contribution in [0.15, 0.2) is 54.6 Å². The first-order chi connectivity index (χ1) is 12.2. The van der Waals surface area contributed by atoms with Crippen molar-refractivity contribution >= 4 is 11.7 Å². The maximum Gasteiger partial charge on any atom is 0.305 e. The zero-order valence-electron chi connectivity index (χ0n) is 15.3. The van der Waals surface area contributed by atoms with Crippen molar-refractivity contribution in [2.45, 2.75) is 45.4 Å². The molecule has 0 aromatic heterocycles. The summed E-state index contributed by atoms with van der Waals surface area (Å²) in [5, 5.41) is 3.54. The molecule has 0 heterocycles. The van der Waals surface area contributed by atoms with Gasteiger partial charge in [0.2, 0.25) is 0 Å². The molecule has 0 aliphatic heterocycles. The Bertz CT molecular complexity index is 622. The molecule has 3 nitrogen and oxygen atoms in total. The molecule has 0 amide bonds. The van der Waals surface area contributed by atoms with Crippen molar-refractivity contribution in [3.63, 3.8) is 0 Å². The molecule has 1 N–H and O–H groups in total. The molecule has 0 bridgehead atoms. The zero-order valence-corrected chi connectivity index (χ0v) is 15.3. The predicted molar refractivity (Wildman–Crippen MR) is 104 cm³/mol. The van der Waals surface area contributed by atoms with Gasteiger partial charge in [0.15, 0.2) is 0 Å². The van der Waals surface area contributed by atoms with Gasteiger partial charge in [-0.2, -0.15) is 0 Å². The van der Waals surface area contributed by atoms with E-state index in [1.165, 1.54) is 11.1 Å². The third-order valence-electron chi connectivity index (χ3n) is 4.42. The summed E-state index contributed by atoms with van der Waals surface area (Å²) < 4.78 is 4.95. The molecule has 134 valence electrons. The number of rotatable bonds is 10. The molecule has 25 heavy (non-hydrogen) atoms. The molecule has 2 aromatic carbocycles. The number of nitrogens with one attached hydrogen (secondary N) is 1. The first kappa shape index (κ1) is 19.0. The van der Waals surface area contributed by atoms with E-state index in [4.69, 9.17) is 4.74 Å². The van der Waals surface area contributed by atoms with Gasteiger partial charge >= 0.3 is 5.97 Å². The topological polar surface area (TPSA) is 38.3 Å². The van der Waals surface area contributed by atoms with Crippen molar-refractivity contribution in [2.75, 3.05) is 18.5 Å². The smallest absolute Gasteiger partial charge is 0.305 e. The summed E-state index contributed by atoms with van der Waals surface area (Å²) in [7, 11) is 0. The van der Waals surface area contributed by atoms with Crippen LogP contribution in [0.2, 0.25) is 0 Å². The van der Waals surface area contributed by atoms with Crippen molar-refractivity contribution in [2.24, 2.45) is 0 Å². The van der Waals surface area contributed by atoms with Gasteiger partial charge < -0.3 is 10.1 Å². The number of benzene rings is 2. The fourth-order valence-electron chi connectivity index (χ4n) is 2.92. The molecule has 2 aromatic rings. The van der Waals surface area contributed by atoms with Gasteiger partial charge in [-0.3, -0.25) is 4.79 Å². The van der Waals surface area contributed by atoms with Gasteiger partial charge in [0.1, 0.15) is 0 Å². The lowest BCUT2D eigenvalue weighted by atomic mass is 9.96. The highest BCUT2D eigenvalue weighted by molar-refractivity contribution is 5.69. The molecule has 0 saturated heterocycles. The molecule has 1 unspecified atom stereocenters. The van der Waals surface area contributed by atoms with Crippen LogP contribution in [0.3, 0.4) is 0 Å². The van der Waals surface area contributed by atoms with Crippen LogP contribution in [0.5, 0.6) is 0 Å². The highest BCUT2D eigenvalue weighted by Crippen LogP contribution is 2.20. The molecule has 3 heteroatoms.